The molecule has 0 saturated carbocycles. The van der Waals surface area contributed by atoms with Gasteiger partial charge in [0.2, 0.25) is 5.89 Å². The molecule has 9 heteroatoms. The number of benzene rings is 1. The fraction of sp³-hybridized carbons (Fsp3) is 0.409. The smallest absolute Gasteiger partial charge is 0.305 e. The lowest BCUT2D eigenvalue weighted by molar-refractivity contribution is -0.140. The van der Waals surface area contributed by atoms with Gasteiger partial charge in [-0.15, -0.1) is 0 Å². The van der Waals surface area contributed by atoms with Crippen LogP contribution in [0.4, 0.5) is 0 Å². The molecule has 0 saturated heterocycles. The van der Waals surface area contributed by atoms with Gasteiger partial charge in [0.25, 0.3) is 5.91 Å². The van der Waals surface area contributed by atoms with Crippen molar-refractivity contribution in [1.29, 1.82) is 0 Å². The van der Waals surface area contributed by atoms with Crippen molar-refractivity contribution in [3.05, 3.63) is 58.5 Å². The summed E-state index contributed by atoms with van der Waals surface area (Å²) >= 11 is 0. The maximum Gasteiger partial charge on any atom is 0.305 e. The fourth-order valence-corrected chi connectivity index (χ4v) is 3.36. The van der Waals surface area contributed by atoms with Gasteiger partial charge < -0.3 is 14.2 Å². The number of esters is 1. The first-order valence-electron chi connectivity index (χ1n) is 10.1. The van der Waals surface area contributed by atoms with Crippen LogP contribution in [0.1, 0.15) is 52.4 Å². The van der Waals surface area contributed by atoms with E-state index >= 15 is 0 Å². The number of aromatic nitrogens is 4. The zero-order valence-electron chi connectivity index (χ0n) is 18.5. The van der Waals surface area contributed by atoms with E-state index in [1.807, 2.05) is 37.6 Å². The third-order valence-electron chi connectivity index (χ3n) is 5.15. The van der Waals surface area contributed by atoms with Crippen LogP contribution in [-0.4, -0.2) is 50.9 Å². The van der Waals surface area contributed by atoms with Gasteiger partial charge in [-0.1, -0.05) is 12.1 Å². The van der Waals surface area contributed by atoms with E-state index in [0.29, 0.717) is 36.5 Å². The number of rotatable bonds is 8. The number of amides is 1. The van der Waals surface area contributed by atoms with Gasteiger partial charge in [-0.3, -0.25) is 9.59 Å². The second kappa shape index (κ2) is 9.55. The number of nitrogens with zero attached hydrogens (tertiary/aromatic N) is 5. The van der Waals surface area contributed by atoms with Gasteiger partial charge in [0, 0.05) is 31.1 Å². The molecule has 2 aromatic heterocycles. The van der Waals surface area contributed by atoms with Gasteiger partial charge in [0.15, 0.2) is 5.82 Å². The number of carbonyl (C=O) groups is 2. The highest BCUT2D eigenvalue weighted by Crippen LogP contribution is 2.20. The van der Waals surface area contributed by atoms with Gasteiger partial charge in [0.05, 0.1) is 25.0 Å². The largest absolute Gasteiger partial charge is 0.469 e. The monoisotopic (exact) mass is 425 g/mol. The maximum atomic E-state index is 12.7. The van der Waals surface area contributed by atoms with Crippen LogP contribution in [0.15, 0.2) is 28.8 Å². The first-order valence-corrected chi connectivity index (χ1v) is 10.1. The SMILES string of the molecule is CCc1noc(CN(C)C(=O)c2ccc(-n3nc(C)c(CCC(=O)OC)c3C)cc2)n1. The molecule has 1 amide bonds. The van der Waals surface area contributed by atoms with Gasteiger partial charge in [0.1, 0.15) is 0 Å². The molecule has 9 nitrogen and oxygen atoms in total. The Labute approximate surface area is 181 Å². The van der Waals surface area contributed by atoms with E-state index in [1.54, 1.807) is 19.2 Å². The molecule has 0 bridgehead atoms. The van der Waals surface area contributed by atoms with Crippen LogP contribution >= 0.6 is 0 Å². The van der Waals surface area contributed by atoms with E-state index in [-0.39, 0.29) is 18.4 Å². The first kappa shape index (κ1) is 22.2. The molecule has 2 heterocycles. The molecule has 31 heavy (non-hydrogen) atoms. The summed E-state index contributed by atoms with van der Waals surface area (Å²) in [5.41, 5.74) is 4.24. The Morgan fingerprint density at radius 3 is 2.52 bits per heavy atom. The first-order chi connectivity index (χ1) is 14.8. The summed E-state index contributed by atoms with van der Waals surface area (Å²) in [4.78, 5) is 30.0. The number of carbonyl (C=O) groups excluding carboxylic acids is 2. The molecule has 164 valence electrons. The van der Waals surface area contributed by atoms with Crippen LogP contribution in [0.25, 0.3) is 5.69 Å². The van der Waals surface area contributed by atoms with Gasteiger partial charge >= 0.3 is 5.97 Å². The Morgan fingerprint density at radius 1 is 1.19 bits per heavy atom. The molecule has 0 aliphatic heterocycles. The van der Waals surface area contributed by atoms with Crippen molar-refractivity contribution in [3.8, 4) is 5.69 Å². The molecule has 3 aromatic rings. The minimum Gasteiger partial charge on any atom is -0.469 e. The Hall–Kier alpha value is -3.49. The Kier molecular flexibility index (Phi) is 6.84. The summed E-state index contributed by atoms with van der Waals surface area (Å²) in [5, 5.41) is 8.45. The summed E-state index contributed by atoms with van der Waals surface area (Å²) < 4.78 is 11.7. The van der Waals surface area contributed by atoms with E-state index in [4.69, 9.17) is 9.26 Å². The summed E-state index contributed by atoms with van der Waals surface area (Å²) in [6.07, 6.45) is 1.56. The molecule has 1 aromatic carbocycles. The second-order valence-electron chi connectivity index (χ2n) is 7.30. The molecule has 0 atom stereocenters. The molecule has 0 aliphatic rings. The average molecular weight is 425 g/mol. The van der Waals surface area contributed by atoms with E-state index in [1.165, 1.54) is 12.0 Å². The van der Waals surface area contributed by atoms with Gasteiger partial charge in [-0.25, -0.2) is 4.68 Å². The molecule has 0 spiro atoms. The van der Waals surface area contributed by atoms with Crippen molar-refractivity contribution in [1.82, 2.24) is 24.8 Å². The normalized spacial score (nSPS) is 10.9. The summed E-state index contributed by atoms with van der Waals surface area (Å²) in [5.74, 6) is 0.641. The Balaban J connectivity index is 1.72. The maximum absolute atomic E-state index is 12.7. The average Bonchev–Trinajstić information content (AvgIpc) is 3.35. The number of hydrogen-bond acceptors (Lipinski definition) is 7. The molecule has 0 fully saturated rings. The minimum absolute atomic E-state index is 0.144. The molecule has 0 radical (unpaired) electrons. The lowest BCUT2D eigenvalue weighted by Gasteiger charge is -2.15. The zero-order chi connectivity index (χ0) is 22.5. The minimum atomic E-state index is -0.245. The lowest BCUT2D eigenvalue weighted by atomic mass is 10.1. The molecule has 0 N–H and O–H groups in total. The van der Waals surface area contributed by atoms with Crippen molar-refractivity contribution in [2.75, 3.05) is 14.2 Å². The highest BCUT2D eigenvalue weighted by atomic mass is 16.5. The number of hydrogen-bond donors (Lipinski definition) is 0. The summed E-state index contributed by atoms with van der Waals surface area (Å²) in [6.45, 7) is 6.07. The molecule has 0 unspecified atom stereocenters. The van der Waals surface area contributed by atoms with Crippen molar-refractivity contribution in [2.24, 2.45) is 0 Å². The third kappa shape index (κ3) is 4.99. The quantitative estimate of drug-likeness (QED) is 0.511. The van der Waals surface area contributed by atoms with Gasteiger partial charge in [-0.05, 0) is 50.1 Å². The number of aryl methyl sites for hydroxylation is 2. The van der Waals surface area contributed by atoms with Crippen LogP contribution in [-0.2, 0) is 28.9 Å². The van der Waals surface area contributed by atoms with Crippen molar-refractivity contribution in [3.63, 3.8) is 0 Å². The van der Waals surface area contributed by atoms with Crippen LogP contribution in [0.3, 0.4) is 0 Å². The Morgan fingerprint density at radius 2 is 1.90 bits per heavy atom. The van der Waals surface area contributed by atoms with Crippen LogP contribution in [0.5, 0.6) is 0 Å². The lowest BCUT2D eigenvalue weighted by Crippen LogP contribution is -2.26. The van der Waals surface area contributed by atoms with Crippen LogP contribution < -0.4 is 0 Å². The third-order valence-corrected chi connectivity index (χ3v) is 5.15. The van der Waals surface area contributed by atoms with Crippen molar-refractivity contribution in [2.45, 2.75) is 46.6 Å². The van der Waals surface area contributed by atoms with E-state index in [0.717, 1.165) is 22.6 Å². The van der Waals surface area contributed by atoms with Crippen molar-refractivity contribution < 1.29 is 18.8 Å². The Bertz CT molecular complexity index is 1070. The summed E-state index contributed by atoms with van der Waals surface area (Å²) in [6, 6.07) is 7.24. The van der Waals surface area contributed by atoms with E-state index in [2.05, 4.69) is 15.2 Å². The van der Waals surface area contributed by atoms with Crippen molar-refractivity contribution >= 4 is 11.9 Å². The van der Waals surface area contributed by atoms with E-state index < -0.39 is 0 Å². The number of ether oxygens (including phenoxy) is 1. The van der Waals surface area contributed by atoms with Crippen LogP contribution in [0.2, 0.25) is 0 Å². The molecule has 0 aliphatic carbocycles. The predicted octanol–water partition coefficient (Wildman–Crippen LogP) is 2.81. The van der Waals surface area contributed by atoms with E-state index in [9.17, 15) is 9.59 Å². The molecule has 3 rings (SSSR count). The molecular formula is C22H27N5O4. The highest BCUT2D eigenvalue weighted by molar-refractivity contribution is 5.94. The topological polar surface area (TPSA) is 103 Å². The summed E-state index contributed by atoms with van der Waals surface area (Å²) in [7, 11) is 3.08. The number of methoxy groups -OCH3 is 1. The predicted molar refractivity (Wildman–Crippen MR) is 113 cm³/mol. The highest BCUT2D eigenvalue weighted by Gasteiger charge is 2.17. The molecular weight excluding hydrogens is 398 g/mol. The zero-order valence-corrected chi connectivity index (χ0v) is 18.5. The second-order valence-corrected chi connectivity index (χ2v) is 7.30. The standard InChI is InChI=1S/C22H27N5O4/c1-6-19-23-20(31-25-19)13-26(4)22(29)16-7-9-17(10-8-16)27-15(3)18(14(2)24-27)11-12-21(28)30-5/h7-10H,6,11-13H2,1-5H3. The van der Waals surface area contributed by atoms with Gasteiger partial charge in [-0.2, -0.15) is 10.1 Å². The van der Waals surface area contributed by atoms with Crippen LogP contribution in [0, 0.1) is 13.8 Å². The fourth-order valence-electron chi connectivity index (χ4n) is 3.36.